The number of hydrogen-bond acceptors (Lipinski definition) is 6. The summed E-state index contributed by atoms with van der Waals surface area (Å²) in [6, 6.07) is 11.9. The first-order chi connectivity index (χ1) is 11.8. The lowest BCUT2D eigenvalue weighted by Gasteiger charge is -2.11. The number of pyridine rings is 1. The number of carbonyl (C=O) groups excluding carboxylic acids is 1. The van der Waals surface area contributed by atoms with Crippen LogP contribution < -0.4 is 9.62 Å². The van der Waals surface area contributed by atoms with Gasteiger partial charge >= 0.3 is 0 Å². The molecule has 1 amide bonds. The number of amides is 1. The van der Waals surface area contributed by atoms with Crippen molar-refractivity contribution >= 4 is 32.6 Å². The Labute approximate surface area is 145 Å². The lowest BCUT2D eigenvalue weighted by atomic mass is 10.2. The van der Waals surface area contributed by atoms with Gasteiger partial charge in [0.15, 0.2) is 5.76 Å². The van der Waals surface area contributed by atoms with Gasteiger partial charge in [0.1, 0.15) is 11.3 Å². The quantitative estimate of drug-likeness (QED) is 0.750. The Bertz CT molecular complexity index is 1010. The summed E-state index contributed by atoms with van der Waals surface area (Å²) in [5.41, 5.74) is 1.78. The lowest BCUT2D eigenvalue weighted by molar-refractivity contribution is 0.0956. The maximum absolute atomic E-state index is 12.2. The molecule has 2 heterocycles. The summed E-state index contributed by atoms with van der Waals surface area (Å²) in [7, 11) is -0.0897. The molecule has 8 heteroatoms. The normalized spacial score (nSPS) is 11.4. The highest BCUT2D eigenvalue weighted by molar-refractivity contribution is 7.89. The number of anilines is 1. The van der Waals surface area contributed by atoms with E-state index in [2.05, 4.69) is 4.98 Å². The number of benzene rings is 1. The summed E-state index contributed by atoms with van der Waals surface area (Å²) in [5.74, 6) is -1.25. The molecule has 0 radical (unpaired) electrons. The van der Waals surface area contributed by atoms with Crippen molar-refractivity contribution in [2.24, 2.45) is 0 Å². The largest absolute Gasteiger partial charge is 0.451 e. The van der Waals surface area contributed by atoms with Crippen LogP contribution in [0.25, 0.3) is 11.0 Å². The van der Waals surface area contributed by atoms with Crippen molar-refractivity contribution in [2.75, 3.05) is 19.0 Å². The minimum Gasteiger partial charge on any atom is -0.451 e. The first-order valence-electron chi connectivity index (χ1n) is 7.50. The third kappa shape index (κ3) is 3.97. The fourth-order valence-electron chi connectivity index (χ4n) is 2.32. The molecule has 0 fully saturated rings. The second-order valence-electron chi connectivity index (χ2n) is 5.74. The van der Waals surface area contributed by atoms with E-state index in [0.29, 0.717) is 11.3 Å². The third-order valence-corrected chi connectivity index (χ3v) is 4.73. The molecule has 1 aromatic carbocycles. The highest BCUT2D eigenvalue weighted by Crippen LogP contribution is 2.24. The molecule has 0 aliphatic carbocycles. The lowest BCUT2D eigenvalue weighted by Crippen LogP contribution is -2.31. The van der Waals surface area contributed by atoms with Gasteiger partial charge in [0, 0.05) is 37.4 Å². The molecule has 7 nitrogen and oxygen atoms in total. The van der Waals surface area contributed by atoms with E-state index in [4.69, 9.17) is 4.42 Å². The van der Waals surface area contributed by atoms with Crippen molar-refractivity contribution in [1.82, 2.24) is 9.71 Å². The van der Waals surface area contributed by atoms with E-state index in [0.717, 1.165) is 11.1 Å². The van der Waals surface area contributed by atoms with E-state index in [-0.39, 0.29) is 11.5 Å². The summed E-state index contributed by atoms with van der Waals surface area (Å²) in [6.07, 6.45) is 1.49. The molecule has 130 valence electrons. The number of aromatic nitrogens is 1. The first-order valence-corrected chi connectivity index (χ1v) is 9.15. The molecule has 0 saturated heterocycles. The molecule has 0 bridgehead atoms. The Kier molecular flexibility index (Phi) is 4.45. The van der Waals surface area contributed by atoms with Crippen molar-refractivity contribution < 1.29 is 17.6 Å². The molecule has 2 aromatic heterocycles. The molecular formula is C17H17N3O4S. The van der Waals surface area contributed by atoms with Gasteiger partial charge in [-0.25, -0.2) is 13.1 Å². The molecule has 25 heavy (non-hydrogen) atoms. The van der Waals surface area contributed by atoms with Gasteiger partial charge in [-0.1, -0.05) is 6.07 Å². The van der Waals surface area contributed by atoms with Crippen molar-refractivity contribution in [2.45, 2.75) is 5.75 Å². The molecule has 1 N–H and O–H groups in total. The zero-order valence-electron chi connectivity index (χ0n) is 13.8. The minimum atomic E-state index is -3.87. The summed E-state index contributed by atoms with van der Waals surface area (Å²) in [5, 5.41) is 0.720. The average molecular weight is 359 g/mol. The second-order valence-corrected chi connectivity index (χ2v) is 7.46. The zero-order chi connectivity index (χ0) is 18.0. The van der Waals surface area contributed by atoms with Crippen molar-refractivity contribution in [3.05, 3.63) is 60.1 Å². The minimum absolute atomic E-state index is 0.0597. The Morgan fingerprint density at radius 3 is 2.68 bits per heavy atom. The van der Waals surface area contributed by atoms with Gasteiger partial charge in [-0.15, -0.1) is 0 Å². The number of nitrogens with one attached hydrogen (secondary N) is 1. The second kappa shape index (κ2) is 6.56. The predicted molar refractivity (Wildman–Crippen MR) is 94.9 cm³/mol. The summed E-state index contributed by atoms with van der Waals surface area (Å²) in [6.45, 7) is 0. The number of fused-ring (bicyclic) bond motifs is 1. The van der Waals surface area contributed by atoms with Gasteiger partial charge in [0.2, 0.25) is 10.0 Å². The average Bonchev–Trinajstić information content (AvgIpc) is 2.98. The Hall–Kier alpha value is -2.87. The van der Waals surface area contributed by atoms with E-state index in [1.165, 1.54) is 12.3 Å². The fraction of sp³-hybridized carbons (Fsp3) is 0.176. The highest BCUT2D eigenvalue weighted by Gasteiger charge is 2.20. The van der Waals surface area contributed by atoms with E-state index in [9.17, 15) is 13.2 Å². The summed E-state index contributed by atoms with van der Waals surface area (Å²) in [4.78, 5) is 18.1. The molecular weight excluding hydrogens is 342 g/mol. The topological polar surface area (TPSA) is 92.5 Å². The molecule has 0 spiro atoms. The van der Waals surface area contributed by atoms with Gasteiger partial charge in [0.05, 0.1) is 5.69 Å². The van der Waals surface area contributed by atoms with Crippen LogP contribution in [0, 0.1) is 0 Å². The van der Waals surface area contributed by atoms with Gasteiger partial charge < -0.3 is 9.32 Å². The van der Waals surface area contributed by atoms with Crippen molar-refractivity contribution in [3.8, 4) is 0 Å². The molecule has 0 aliphatic heterocycles. The fourth-order valence-corrected chi connectivity index (χ4v) is 3.33. The van der Waals surface area contributed by atoms with E-state index in [1.807, 2.05) is 35.9 Å². The van der Waals surface area contributed by atoms with Crippen LogP contribution in [0.4, 0.5) is 5.69 Å². The number of hydrogen-bond donors (Lipinski definition) is 1. The summed E-state index contributed by atoms with van der Waals surface area (Å²) < 4.78 is 31.8. The molecule has 3 rings (SSSR count). The maximum Gasteiger partial charge on any atom is 0.300 e. The van der Waals surface area contributed by atoms with E-state index in [1.54, 1.807) is 24.3 Å². The van der Waals surface area contributed by atoms with Crippen LogP contribution in [0.2, 0.25) is 0 Å². The predicted octanol–water partition coefficient (Wildman–Crippen LogP) is 2.15. The number of sulfonamides is 1. The van der Waals surface area contributed by atoms with Crippen LogP contribution in [0.1, 0.15) is 16.2 Å². The highest BCUT2D eigenvalue weighted by atomic mass is 32.2. The Morgan fingerprint density at radius 2 is 2.00 bits per heavy atom. The summed E-state index contributed by atoms with van der Waals surface area (Å²) >= 11 is 0. The number of carbonyl (C=O) groups is 1. The first kappa shape index (κ1) is 17.0. The molecule has 0 atom stereocenters. The van der Waals surface area contributed by atoms with Crippen molar-refractivity contribution in [1.29, 1.82) is 0 Å². The van der Waals surface area contributed by atoms with Crippen LogP contribution in [-0.4, -0.2) is 33.4 Å². The maximum atomic E-state index is 12.2. The molecule has 3 aromatic rings. The SMILES string of the molecule is CN(C)c1ccc2cc(C(=O)NS(=O)(=O)Cc3ccccn3)oc2c1. The van der Waals surface area contributed by atoms with Crippen LogP contribution in [-0.2, 0) is 15.8 Å². The zero-order valence-corrected chi connectivity index (χ0v) is 14.6. The standard InChI is InChI=1S/C17H17N3O4S/c1-20(2)14-7-6-12-9-16(24-15(12)10-14)17(21)19-25(22,23)11-13-5-3-4-8-18-13/h3-10H,11H2,1-2H3,(H,19,21). The van der Waals surface area contributed by atoms with Crippen LogP contribution >= 0.6 is 0 Å². The third-order valence-electron chi connectivity index (χ3n) is 3.56. The van der Waals surface area contributed by atoms with E-state index < -0.39 is 15.9 Å². The van der Waals surface area contributed by atoms with Crippen LogP contribution in [0.5, 0.6) is 0 Å². The van der Waals surface area contributed by atoms with Gasteiger partial charge in [-0.05, 0) is 30.3 Å². The van der Waals surface area contributed by atoms with Crippen LogP contribution in [0.15, 0.2) is 53.1 Å². The number of nitrogens with zero attached hydrogens (tertiary/aromatic N) is 2. The van der Waals surface area contributed by atoms with Gasteiger partial charge in [-0.2, -0.15) is 0 Å². The smallest absolute Gasteiger partial charge is 0.300 e. The van der Waals surface area contributed by atoms with Crippen molar-refractivity contribution in [3.63, 3.8) is 0 Å². The molecule has 0 unspecified atom stereocenters. The number of furan rings is 1. The Balaban J connectivity index is 1.79. The molecule has 0 aliphatic rings. The van der Waals surface area contributed by atoms with E-state index >= 15 is 0 Å². The Morgan fingerprint density at radius 1 is 1.20 bits per heavy atom. The van der Waals surface area contributed by atoms with Gasteiger partial charge in [0.25, 0.3) is 5.91 Å². The molecule has 0 saturated carbocycles. The number of rotatable bonds is 5. The monoisotopic (exact) mass is 359 g/mol. The van der Waals surface area contributed by atoms with Gasteiger partial charge in [-0.3, -0.25) is 9.78 Å². The van der Waals surface area contributed by atoms with Crippen LogP contribution in [0.3, 0.4) is 0 Å².